The van der Waals surface area contributed by atoms with Gasteiger partial charge in [0.1, 0.15) is 6.04 Å². The Balaban J connectivity index is 1.41. The van der Waals surface area contributed by atoms with E-state index in [9.17, 15) is 9.59 Å². The second kappa shape index (κ2) is 8.38. The van der Waals surface area contributed by atoms with Gasteiger partial charge in [-0.2, -0.15) is 0 Å². The molecule has 4 saturated carbocycles. The van der Waals surface area contributed by atoms with Crippen LogP contribution in [0.1, 0.15) is 52.4 Å². The minimum Gasteiger partial charge on any atom is -0.344 e. The highest BCUT2D eigenvalue weighted by Crippen LogP contribution is 2.60. The van der Waals surface area contributed by atoms with Crippen LogP contribution in [0.3, 0.4) is 0 Å². The van der Waals surface area contributed by atoms with Gasteiger partial charge in [-0.1, -0.05) is 43.0 Å². The Hall–Kier alpha value is -1.41. The van der Waals surface area contributed by atoms with Crippen LogP contribution in [0.4, 0.5) is 5.13 Å². The van der Waals surface area contributed by atoms with Crippen molar-refractivity contribution in [3.05, 3.63) is 12.7 Å². The molecule has 6 nitrogen and oxygen atoms in total. The minimum atomic E-state index is -0.566. The van der Waals surface area contributed by atoms with Crippen LogP contribution in [-0.4, -0.2) is 33.8 Å². The van der Waals surface area contributed by atoms with Crippen molar-refractivity contribution in [2.45, 2.75) is 62.8 Å². The number of hydrogen-bond donors (Lipinski definition) is 2. The number of nitrogens with zero attached hydrogens (tertiary/aromatic N) is 2. The Morgan fingerprint density at radius 3 is 2.38 bits per heavy atom. The molecule has 0 saturated heterocycles. The fraction of sp³-hybridized carbons (Fsp3) is 0.714. The molecule has 1 aromatic rings. The lowest BCUT2D eigenvalue weighted by atomic mass is 9.49. The molecule has 0 spiro atoms. The van der Waals surface area contributed by atoms with Crippen LogP contribution in [0.25, 0.3) is 0 Å². The standard InChI is InChI=1S/C21H30N4O2S2/c1-4-5-28-20-25-24-19(29-20)23-17(26)16(12(2)3)22-18(27)21-9-13-6-14(10-21)8-15(7-13)11-21/h4,12-16H,1,5-11H2,2-3H3,(H,22,27)(H,23,24,26)/t13?,14?,15?,16-,21?/m0/s1. The minimum absolute atomic E-state index is 0.00426. The van der Waals surface area contributed by atoms with Gasteiger partial charge in [-0.05, 0) is 62.2 Å². The molecule has 0 radical (unpaired) electrons. The van der Waals surface area contributed by atoms with Gasteiger partial charge < -0.3 is 5.32 Å². The molecule has 4 aliphatic rings. The lowest BCUT2D eigenvalue weighted by Gasteiger charge is -2.55. The van der Waals surface area contributed by atoms with Crippen molar-refractivity contribution in [1.29, 1.82) is 0 Å². The number of carbonyl (C=O) groups is 2. The molecule has 0 aliphatic heterocycles. The fourth-order valence-electron chi connectivity index (χ4n) is 5.85. The van der Waals surface area contributed by atoms with Crippen molar-refractivity contribution < 1.29 is 9.59 Å². The van der Waals surface area contributed by atoms with E-state index >= 15 is 0 Å². The third-order valence-electron chi connectivity index (χ3n) is 6.72. The van der Waals surface area contributed by atoms with Crippen molar-refractivity contribution in [2.75, 3.05) is 11.1 Å². The predicted molar refractivity (Wildman–Crippen MR) is 117 cm³/mol. The Bertz CT molecular complexity index is 756. The second-order valence-electron chi connectivity index (χ2n) is 9.36. The first-order valence-electron chi connectivity index (χ1n) is 10.6. The van der Waals surface area contributed by atoms with E-state index in [0.29, 0.717) is 22.9 Å². The zero-order chi connectivity index (χ0) is 20.6. The molecule has 1 heterocycles. The quantitative estimate of drug-likeness (QED) is 0.365. The zero-order valence-electron chi connectivity index (χ0n) is 17.1. The SMILES string of the molecule is C=CCSc1nnc(NC(=O)[C@@H](NC(=O)C23CC4CC(CC(C4)C2)C3)C(C)C)s1. The summed E-state index contributed by atoms with van der Waals surface area (Å²) in [5, 5.41) is 14.6. The van der Waals surface area contributed by atoms with E-state index in [2.05, 4.69) is 27.4 Å². The number of aromatic nitrogens is 2. The summed E-state index contributed by atoms with van der Waals surface area (Å²) in [5.41, 5.74) is -0.251. The van der Waals surface area contributed by atoms with Crippen molar-refractivity contribution in [1.82, 2.24) is 15.5 Å². The largest absolute Gasteiger partial charge is 0.344 e. The summed E-state index contributed by atoms with van der Waals surface area (Å²) in [5.74, 6) is 2.72. The predicted octanol–water partition coefficient (Wildman–Crippen LogP) is 4.11. The van der Waals surface area contributed by atoms with Crippen molar-refractivity contribution >= 4 is 40.0 Å². The lowest BCUT2D eigenvalue weighted by molar-refractivity contribution is -0.148. The molecule has 4 bridgehead atoms. The number of thioether (sulfide) groups is 1. The Labute approximate surface area is 180 Å². The number of hydrogen-bond acceptors (Lipinski definition) is 6. The van der Waals surface area contributed by atoms with E-state index in [1.807, 2.05) is 13.8 Å². The highest BCUT2D eigenvalue weighted by Gasteiger charge is 2.55. The van der Waals surface area contributed by atoms with Gasteiger partial charge in [0.25, 0.3) is 0 Å². The molecule has 5 rings (SSSR count). The van der Waals surface area contributed by atoms with E-state index in [0.717, 1.165) is 29.4 Å². The molecule has 2 N–H and O–H groups in total. The van der Waals surface area contributed by atoms with Crippen LogP contribution in [0.5, 0.6) is 0 Å². The first-order valence-corrected chi connectivity index (χ1v) is 12.4. The van der Waals surface area contributed by atoms with Gasteiger partial charge in [0, 0.05) is 11.2 Å². The van der Waals surface area contributed by atoms with Gasteiger partial charge in [-0.15, -0.1) is 16.8 Å². The third-order valence-corrected chi connectivity index (χ3v) is 8.68. The monoisotopic (exact) mass is 434 g/mol. The maximum atomic E-state index is 13.4. The van der Waals surface area contributed by atoms with Gasteiger partial charge in [-0.3, -0.25) is 14.9 Å². The van der Waals surface area contributed by atoms with Crippen LogP contribution < -0.4 is 10.6 Å². The van der Waals surface area contributed by atoms with Gasteiger partial charge in [0.2, 0.25) is 16.9 Å². The molecule has 4 fully saturated rings. The van der Waals surface area contributed by atoms with Gasteiger partial charge in [-0.25, -0.2) is 0 Å². The van der Waals surface area contributed by atoms with Crippen molar-refractivity contribution in [3.8, 4) is 0 Å². The fourth-order valence-corrected chi connectivity index (χ4v) is 7.37. The molecule has 4 aliphatic carbocycles. The first-order chi connectivity index (χ1) is 13.9. The number of rotatable bonds is 8. The third kappa shape index (κ3) is 4.38. The zero-order valence-corrected chi connectivity index (χ0v) is 18.8. The smallest absolute Gasteiger partial charge is 0.249 e. The van der Waals surface area contributed by atoms with Crippen LogP contribution in [0.2, 0.25) is 0 Å². The molecular formula is C21H30N4O2S2. The summed E-state index contributed by atoms with van der Waals surface area (Å²) in [7, 11) is 0. The summed E-state index contributed by atoms with van der Waals surface area (Å²) in [4.78, 5) is 26.3. The molecule has 8 heteroatoms. The maximum Gasteiger partial charge on any atom is 0.249 e. The highest BCUT2D eigenvalue weighted by molar-refractivity contribution is 8.01. The van der Waals surface area contributed by atoms with Crippen molar-refractivity contribution in [2.24, 2.45) is 29.1 Å². The molecule has 0 unspecified atom stereocenters. The van der Waals surface area contributed by atoms with Gasteiger partial charge in [0.05, 0.1) is 0 Å². The van der Waals surface area contributed by atoms with Crippen LogP contribution in [-0.2, 0) is 9.59 Å². The van der Waals surface area contributed by atoms with E-state index in [4.69, 9.17) is 0 Å². The molecule has 1 aromatic heterocycles. The van der Waals surface area contributed by atoms with Crippen LogP contribution in [0.15, 0.2) is 17.0 Å². The first kappa shape index (κ1) is 20.8. The summed E-state index contributed by atoms with van der Waals surface area (Å²) >= 11 is 2.88. The van der Waals surface area contributed by atoms with E-state index in [1.165, 1.54) is 42.4 Å². The van der Waals surface area contributed by atoms with Gasteiger partial charge in [0.15, 0.2) is 4.34 Å². The Morgan fingerprint density at radius 2 is 1.83 bits per heavy atom. The number of carbonyl (C=O) groups excluding carboxylic acids is 2. The van der Waals surface area contributed by atoms with Crippen LogP contribution in [0, 0.1) is 29.1 Å². The molecule has 0 aromatic carbocycles. The Kier molecular flexibility index (Phi) is 6.02. The van der Waals surface area contributed by atoms with E-state index in [1.54, 1.807) is 6.08 Å². The molecule has 158 valence electrons. The van der Waals surface area contributed by atoms with Crippen molar-refractivity contribution in [3.63, 3.8) is 0 Å². The highest BCUT2D eigenvalue weighted by atomic mass is 32.2. The number of amides is 2. The molecular weight excluding hydrogens is 404 g/mol. The maximum absolute atomic E-state index is 13.4. The topological polar surface area (TPSA) is 84.0 Å². The Morgan fingerprint density at radius 1 is 1.21 bits per heavy atom. The summed E-state index contributed by atoms with van der Waals surface area (Å²) in [6, 6.07) is -0.566. The summed E-state index contributed by atoms with van der Waals surface area (Å²) in [6.45, 7) is 7.63. The second-order valence-corrected chi connectivity index (χ2v) is 11.6. The summed E-state index contributed by atoms with van der Waals surface area (Å²) in [6.07, 6.45) is 8.68. The molecule has 1 atom stereocenters. The number of anilines is 1. The number of nitrogens with one attached hydrogen (secondary N) is 2. The molecule has 2 amide bonds. The van der Waals surface area contributed by atoms with Crippen LogP contribution >= 0.6 is 23.1 Å². The van der Waals surface area contributed by atoms with E-state index < -0.39 is 6.04 Å². The average Bonchev–Trinajstić information content (AvgIpc) is 3.09. The van der Waals surface area contributed by atoms with Gasteiger partial charge >= 0.3 is 0 Å². The van der Waals surface area contributed by atoms with E-state index in [-0.39, 0.29) is 23.1 Å². The summed E-state index contributed by atoms with van der Waals surface area (Å²) < 4.78 is 0.791. The average molecular weight is 435 g/mol. The normalized spacial score (nSPS) is 30.9. The molecule has 29 heavy (non-hydrogen) atoms. The lowest BCUT2D eigenvalue weighted by Crippen LogP contribution is -2.57.